The number of hydrogen-bond acceptors (Lipinski definition) is 6. The second-order valence-electron chi connectivity index (χ2n) is 4.06. The molecule has 0 bridgehead atoms. The Labute approximate surface area is 121 Å². The third-order valence-electron chi connectivity index (χ3n) is 2.54. The number of carbonyl (C=O) groups excluding carboxylic acids is 2. The lowest BCUT2D eigenvalue weighted by Crippen LogP contribution is -2.13. The van der Waals surface area contributed by atoms with Gasteiger partial charge in [-0.1, -0.05) is 0 Å². The van der Waals surface area contributed by atoms with Gasteiger partial charge in [0.25, 0.3) is 0 Å². The quantitative estimate of drug-likeness (QED) is 0.736. The zero-order valence-corrected chi connectivity index (χ0v) is 11.9. The molecule has 0 aromatic carbocycles. The molecule has 0 aliphatic rings. The van der Waals surface area contributed by atoms with E-state index in [2.05, 4.69) is 10.2 Å². The van der Waals surface area contributed by atoms with Crippen LogP contribution in [0.4, 0.5) is 0 Å². The highest BCUT2D eigenvalue weighted by Gasteiger charge is 2.12. The van der Waals surface area contributed by atoms with Crippen molar-refractivity contribution < 1.29 is 19.1 Å². The van der Waals surface area contributed by atoms with E-state index in [0.29, 0.717) is 13.2 Å². The van der Waals surface area contributed by atoms with Crippen molar-refractivity contribution in [3.63, 3.8) is 0 Å². The third-order valence-corrected chi connectivity index (χ3v) is 2.54. The van der Waals surface area contributed by atoms with Crippen LogP contribution in [-0.2, 0) is 16.1 Å². The lowest BCUT2D eigenvalue weighted by Gasteiger charge is -2.02. The Balaban J connectivity index is 2.02. The number of ether oxygens (including phenoxy) is 2. The van der Waals surface area contributed by atoms with Crippen molar-refractivity contribution in [1.82, 2.24) is 19.6 Å². The zero-order chi connectivity index (χ0) is 15.2. The molecular formula is C13H16N4O4. The normalized spacial score (nSPS) is 10.4. The first-order valence-electron chi connectivity index (χ1n) is 6.55. The molecule has 0 aliphatic heterocycles. The standard InChI is InChI=1S/C13H16N4O4/c1-3-20-12(18)10-5-7-16(14-10)9-17-8-6-11(15-17)13(19)21-4-2/h5-8H,3-4,9H2,1-2H3. The maximum absolute atomic E-state index is 11.5. The van der Waals surface area contributed by atoms with Gasteiger partial charge in [0.15, 0.2) is 11.4 Å². The summed E-state index contributed by atoms with van der Waals surface area (Å²) in [6.07, 6.45) is 3.27. The van der Waals surface area contributed by atoms with Crippen LogP contribution >= 0.6 is 0 Å². The average Bonchev–Trinajstić information content (AvgIpc) is 3.09. The van der Waals surface area contributed by atoms with Crippen molar-refractivity contribution in [2.24, 2.45) is 0 Å². The number of rotatable bonds is 6. The van der Waals surface area contributed by atoms with Crippen molar-refractivity contribution in [2.45, 2.75) is 20.5 Å². The Morgan fingerprint density at radius 1 is 0.952 bits per heavy atom. The van der Waals surface area contributed by atoms with Gasteiger partial charge in [-0.15, -0.1) is 0 Å². The van der Waals surface area contributed by atoms with Crippen LogP contribution < -0.4 is 0 Å². The van der Waals surface area contributed by atoms with E-state index in [1.807, 2.05) is 0 Å². The number of esters is 2. The monoisotopic (exact) mass is 292 g/mol. The molecule has 8 heteroatoms. The highest BCUT2D eigenvalue weighted by molar-refractivity contribution is 5.87. The molecule has 0 amide bonds. The molecule has 0 aliphatic carbocycles. The van der Waals surface area contributed by atoms with E-state index >= 15 is 0 Å². The van der Waals surface area contributed by atoms with E-state index in [4.69, 9.17) is 9.47 Å². The summed E-state index contributed by atoms with van der Waals surface area (Å²) in [5.74, 6) is -0.937. The van der Waals surface area contributed by atoms with Crippen molar-refractivity contribution in [3.05, 3.63) is 35.9 Å². The molecule has 0 spiro atoms. The lowest BCUT2D eigenvalue weighted by molar-refractivity contribution is 0.0510. The van der Waals surface area contributed by atoms with Gasteiger partial charge in [-0.2, -0.15) is 10.2 Å². The summed E-state index contributed by atoms with van der Waals surface area (Å²) in [7, 11) is 0. The summed E-state index contributed by atoms with van der Waals surface area (Å²) >= 11 is 0. The Morgan fingerprint density at radius 2 is 1.38 bits per heavy atom. The SMILES string of the molecule is CCOC(=O)c1ccn(Cn2ccc(C(=O)OCC)n2)n1. The van der Waals surface area contributed by atoms with Gasteiger partial charge in [0.2, 0.25) is 0 Å². The Bertz CT molecular complexity index is 577. The van der Waals surface area contributed by atoms with Gasteiger partial charge < -0.3 is 9.47 Å². The highest BCUT2D eigenvalue weighted by Crippen LogP contribution is 2.02. The first kappa shape index (κ1) is 14.8. The fraction of sp³-hybridized carbons (Fsp3) is 0.385. The topological polar surface area (TPSA) is 88.2 Å². The summed E-state index contributed by atoms with van der Waals surface area (Å²) in [4.78, 5) is 23.0. The number of aromatic nitrogens is 4. The molecule has 8 nitrogen and oxygen atoms in total. The summed E-state index contributed by atoms with van der Waals surface area (Å²) < 4.78 is 12.8. The predicted molar refractivity (Wildman–Crippen MR) is 71.8 cm³/mol. The second-order valence-corrected chi connectivity index (χ2v) is 4.06. The maximum atomic E-state index is 11.5. The molecule has 0 radical (unpaired) electrons. The van der Waals surface area contributed by atoms with E-state index in [9.17, 15) is 9.59 Å². The molecule has 112 valence electrons. The highest BCUT2D eigenvalue weighted by atomic mass is 16.5. The number of hydrogen-bond donors (Lipinski definition) is 0. The van der Waals surface area contributed by atoms with Crippen molar-refractivity contribution in [1.29, 1.82) is 0 Å². The summed E-state index contributed by atoms with van der Waals surface area (Å²) in [6, 6.07) is 3.13. The van der Waals surface area contributed by atoms with E-state index < -0.39 is 11.9 Å². The minimum Gasteiger partial charge on any atom is -0.461 e. The van der Waals surface area contributed by atoms with E-state index in [1.165, 1.54) is 9.36 Å². The molecular weight excluding hydrogens is 276 g/mol. The molecule has 0 atom stereocenters. The number of nitrogens with zero attached hydrogens (tertiary/aromatic N) is 4. The van der Waals surface area contributed by atoms with Crippen LogP contribution in [0.25, 0.3) is 0 Å². The third kappa shape index (κ3) is 3.68. The Hall–Kier alpha value is -2.64. The van der Waals surface area contributed by atoms with Gasteiger partial charge in [-0.25, -0.2) is 9.59 Å². The summed E-state index contributed by atoms with van der Waals surface area (Å²) in [5, 5.41) is 8.16. The first-order chi connectivity index (χ1) is 10.1. The molecule has 2 rings (SSSR count). The molecule has 2 heterocycles. The Morgan fingerprint density at radius 3 is 1.76 bits per heavy atom. The molecule has 0 saturated carbocycles. The van der Waals surface area contributed by atoms with E-state index in [1.54, 1.807) is 38.4 Å². The van der Waals surface area contributed by atoms with Crippen LogP contribution in [0.5, 0.6) is 0 Å². The van der Waals surface area contributed by atoms with Gasteiger partial charge in [-0.05, 0) is 26.0 Å². The van der Waals surface area contributed by atoms with Crippen LogP contribution in [0.2, 0.25) is 0 Å². The predicted octanol–water partition coefficient (Wildman–Crippen LogP) is 0.939. The van der Waals surface area contributed by atoms with Crippen LogP contribution in [-0.4, -0.2) is 44.7 Å². The van der Waals surface area contributed by atoms with Gasteiger partial charge >= 0.3 is 11.9 Å². The molecule has 0 unspecified atom stereocenters. The van der Waals surface area contributed by atoms with E-state index in [-0.39, 0.29) is 18.1 Å². The van der Waals surface area contributed by atoms with Crippen LogP contribution in [0, 0.1) is 0 Å². The molecule has 0 N–H and O–H groups in total. The van der Waals surface area contributed by atoms with Crippen molar-refractivity contribution in [2.75, 3.05) is 13.2 Å². The Kier molecular flexibility index (Phi) is 4.70. The summed E-state index contributed by atoms with van der Waals surface area (Å²) in [5.41, 5.74) is 0.462. The lowest BCUT2D eigenvalue weighted by atomic mass is 10.4. The molecule has 2 aromatic heterocycles. The van der Waals surface area contributed by atoms with E-state index in [0.717, 1.165) is 0 Å². The zero-order valence-electron chi connectivity index (χ0n) is 11.9. The fourth-order valence-corrected chi connectivity index (χ4v) is 1.66. The van der Waals surface area contributed by atoms with Gasteiger partial charge in [0, 0.05) is 12.4 Å². The molecule has 21 heavy (non-hydrogen) atoms. The van der Waals surface area contributed by atoms with Gasteiger partial charge in [-0.3, -0.25) is 9.36 Å². The second kappa shape index (κ2) is 6.69. The van der Waals surface area contributed by atoms with Crippen LogP contribution in [0.1, 0.15) is 34.8 Å². The largest absolute Gasteiger partial charge is 0.461 e. The minimum atomic E-state index is -0.469. The average molecular weight is 292 g/mol. The molecule has 0 saturated heterocycles. The smallest absolute Gasteiger partial charge is 0.358 e. The summed E-state index contributed by atoms with van der Waals surface area (Å²) in [6.45, 7) is 4.34. The van der Waals surface area contributed by atoms with Crippen LogP contribution in [0.15, 0.2) is 24.5 Å². The van der Waals surface area contributed by atoms with Crippen molar-refractivity contribution >= 4 is 11.9 Å². The number of carbonyl (C=O) groups is 2. The van der Waals surface area contributed by atoms with Gasteiger partial charge in [0.05, 0.1) is 13.2 Å². The fourth-order valence-electron chi connectivity index (χ4n) is 1.66. The van der Waals surface area contributed by atoms with Gasteiger partial charge in [0.1, 0.15) is 6.67 Å². The maximum Gasteiger partial charge on any atom is 0.358 e. The van der Waals surface area contributed by atoms with Crippen LogP contribution in [0.3, 0.4) is 0 Å². The first-order valence-corrected chi connectivity index (χ1v) is 6.55. The van der Waals surface area contributed by atoms with Crippen molar-refractivity contribution in [3.8, 4) is 0 Å². The minimum absolute atomic E-state index is 0.231. The molecule has 2 aromatic rings. The molecule has 0 fully saturated rings.